The molecule has 0 saturated heterocycles. The van der Waals surface area contributed by atoms with E-state index in [1.54, 1.807) is 24.3 Å². The normalized spacial score (nSPS) is 11.9. The van der Waals surface area contributed by atoms with Crippen LogP contribution in [0.15, 0.2) is 53.7 Å². The minimum atomic E-state index is -4.34. The van der Waals surface area contributed by atoms with Gasteiger partial charge in [0.1, 0.15) is 12.4 Å². The first-order chi connectivity index (χ1) is 13.3. The van der Waals surface area contributed by atoms with Crippen LogP contribution < -0.4 is 4.74 Å². The SMILES string of the molecule is CC/C(=N\OCCc1ccc(C(F)(F)F)cc1)c1ccc(OCC(=O)O)cc1. The number of carbonyl (C=O) groups is 1. The number of carboxylic acids is 1. The molecule has 0 bridgehead atoms. The molecule has 2 rings (SSSR count). The quantitative estimate of drug-likeness (QED) is 0.384. The highest BCUT2D eigenvalue weighted by molar-refractivity contribution is 6.00. The molecule has 0 amide bonds. The van der Waals surface area contributed by atoms with Crippen molar-refractivity contribution in [2.75, 3.05) is 13.2 Å². The van der Waals surface area contributed by atoms with Crippen LogP contribution in [0.4, 0.5) is 13.2 Å². The number of ether oxygens (including phenoxy) is 1. The summed E-state index contributed by atoms with van der Waals surface area (Å²) >= 11 is 0. The molecule has 0 spiro atoms. The molecule has 0 aliphatic carbocycles. The van der Waals surface area contributed by atoms with Crippen molar-refractivity contribution < 1.29 is 32.6 Å². The maximum Gasteiger partial charge on any atom is 0.416 e. The predicted molar refractivity (Wildman–Crippen MR) is 97.5 cm³/mol. The lowest BCUT2D eigenvalue weighted by Gasteiger charge is -2.08. The Bertz CT molecular complexity index is 800. The maximum absolute atomic E-state index is 12.5. The van der Waals surface area contributed by atoms with Crippen LogP contribution in [0, 0.1) is 0 Å². The molecule has 8 heteroatoms. The van der Waals surface area contributed by atoms with E-state index < -0.39 is 24.3 Å². The highest BCUT2D eigenvalue weighted by Gasteiger charge is 2.29. The van der Waals surface area contributed by atoms with E-state index in [9.17, 15) is 18.0 Å². The van der Waals surface area contributed by atoms with Crippen LogP contribution in [-0.2, 0) is 22.2 Å². The second kappa shape index (κ2) is 9.77. The molecule has 1 N–H and O–H groups in total. The minimum Gasteiger partial charge on any atom is -0.482 e. The number of halogens is 3. The largest absolute Gasteiger partial charge is 0.482 e. The lowest BCUT2D eigenvalue weighted by Crippen LogP contribution is -2.09. The first-order valence-corrected chi connectivity index (χ1v) is 8.59. The molecular formula is C20H20F3NO4. The molecule has 0 unspecified atom stereocenters. The maximum atomic E-state index is 12.5. The van der Waals surface area contributed by atoms with Crippen LogP contribution in [0.2, 0.25) is 0 Å². The zero-order chi connectivity index (χ0) is 20.6. The van der Waals surface area contributed by atoms with E-state index in [0.29, 0.717) is 24.3 Å². The molecule has 150 valence electrons. The molecule has 2 aromatic carbocycles. The third kappa shape index (κ3) is 6.61. The Balaban J connectivity index is 1.88. The van der Waals surface area contributed by atoms with Gasteiger partial charge in [0.2, 0.25) is 0 Å². The number of aliphatic carboxylic acids is 1. The summed E-state index contributed by atoms with van der Waals surface area (Å²) in [5.74, 6) is -0.619. The second-order valence-corrected chi connectivity index (χ2v) is 5.88. The molecule has 0 aromatic heterocycles. The Morgan fingerprint density at radius 2 is 1.71 bits per heavy atom. The minimum absolute atomic E-state index is 0.231. The number of alkyl halides is 3. The van der Waals surface area contributed by atoms with Crippen molar-refractivity contribution in [2.45, 2.75) is 25.9 Å². The zero-order valence-electron chi connectivity index (χ0n) is 15.2. The second-order valence-electron chi connectivity index (χ2n) is 5.88. The van der Waals surface area contributed by atoms with Crippen molar-refractivity contribution in [1.29, 1.82) is 0 Å². The van der Waals surface area contributed by atoms with Crippen LogP contribution in [0.3, 0.4) is 0 Å². The van der Waals surface area contributed by atoms with E-state index in [1.165, 1.54) is 12.1 Å². The van der Waals surface area contributed by atoms with Crippen molar-refractivity contribution in [3.05, 3.63) is 65.2 Å². The average Bonchev–Trinajstić information content (AvgIpc) is 2.67. The van der Waals surface area contributed by atoms with Gasteiger partial charge in [0, 0.05) is 6.42 Å². The summed E-state index contributed by atoms with van der Waals surface area (Å²) in [6.45, 7) is 1.72. The standard InChI is InChI=1S/C20H20F3NO4/c1-2-18(15-5-9-17(10-6-15)27-13-19(25)26)24-28-12-11-14-3-7-16(8-4-14)20(21,22)23/h3-10H,2,11-13H2,1H3,(H,25,26)/b24-18+. The van der Waals surface area contributed by atoms with Gasteiger partial charge in [-0.3, -0.25) is 0 Å². The molecular weight excluding hydrogens is 375 g/mol. The van der Waals surface area contributed by atoms with Crippen molar-refractivity contribution in [3.63, 3.8) is 0 Å². The fourth-order valence-electron chi connectivity index (χ4n) is 2.36. The number of rotatable bonds is 9. The monoisotopic (exact) mass is 395 g/mol. The van der Waals surface area contributed by atoms with E-state index in [2.05, 4.69) is 5.16 Å². The Labute approximate surface area is 160 Å². The summed E-state index contributed by atoms with van der Waals surface area (Å²) in [5.41, 5.74) is 1.54. The summed E-state index contributed by atoms with van der Waals surface area (Å²) < 4.78 is 42.7. The van der Waals surface area contributed by atoms with Crippen LogP contribution in [0.1, 0.15) is 30.0 Å². The van der Waals surface area contributed by atoms with Crippen molar-refractivity contribution in [1.82, 2.24) is 0 Å². The number of nitrogens with zero attached hydrogens (tertiary/aromatic N) is 1. The van der Waals surface area contributed by atoms with Gasteiger partial charge in [-0.25, -0.2) is 4.79 Å². The van der Waals surface area contributed by atoms with Crippen LogP contribution >= 0.6 is 0 Å². The summed E-state index contributed by atoms with van der Waals surface area (Å²) in [5, 5.41) is 12.7. The first-order valence-electron chi connectivity index (χ1n) is 8.59. The number of oxime groups is 1. The summed E-state index contributed by atoms with van der Waals surface area (Å²) in [7, 11) is 0. The molecule has 0 aliphatic heterocycles. The fourth-order valence-corrected chi connectivity index (χ4v) is 2.36. The lowest BCUT2D eigenvalue weighted by molar-refractivity contribution is -0.139. The smallest absolute Gasteiger partial charge is 0.416 e. The predicted octanol–water partition coefficient (Wildman–Crippen LogP) is 4.54. The average molecular weight is 395 g/mol. The molecule has 0 saturated carbocycles. The number of carboxylic acid groups (broad SMARTS) is 1. The van der Waals surface area contributed by atoms with Gasteiger partial charge in [-0.15, -0.1) is 0 Å². The highest BCUT2D eigenvalue weighted by Crippen LogP contribution is 2.29. The molecule has 2 aromatic rings. The Morgan fingerprint density at radius 3 is 2.25 bits per heavy atom. The van der Waals surface area contributed by atoms with E-state index in [4.69, 9.17) is 14.7 Å². The number of benzene rings is 2. The van der Waals surface area contributed by atoms with Gasteiger partial charge in [-0.2, -0.15) is 13.2 Å². The van der Waals surface area contributed by atoms with Gasteiger partial charge in [-0.05, 0) is 53.9 Å². The number of hydrogen-bond donors (Lipinski definition) is 1. The van der Waals surface area contributed by atoms with Crippen LogP contribution in [0.25, 0.3) is 0 Å². The van der Waals surface area contributed by atoms with E-state index in [1.807, 2.05) is 6.92 Å². The molecule has 0 fully saturated rings. The van der Waals surface area contributed by atoms with Crippen molar-refractivity contribution in [2.24, 2.45) is 5.16 Å². The first kappa shape index (κ1) is 21.3. The topological polar surface area (TPSA) is 68.1 Å². The van der Waals surface area contributed by atoms with E-state index in [-0.39, 0.29) is 6.61 Å². The van der Waals surface area contributed by atoms with Crippen LogP contribution in [0.5, 0.6) is 5.75 Å². The van der Waals surface area contributed by atoms with Gasteiger partial charge in [0.15, 0.2) is 6.61 Å². The van der Waals surface area contributed by atoms with Crippen LogP contribution in [-0.4, -0.2) is 30.0 Å². The fraction of sp³-hybridized carbons (Fsp3) is 0.300. The van der Waals surface area contributed by atoms with Gasteiger partial charge in [0.05, 0.1) is 11.3 Å². The lowest BCUT2D eigenvalue weighted by atomic mass is 10.1. The summed E-state index contributed by atoms with van der Waals surface area (Å²) in [6.07, 6.45) is -3.31. The highest BCUT2D eigenvalue weighted by atomic mass is 19.4. The van der Waals surface area contributed by atoms with Gasteiger partial charge in [-0.1, -0.05) is 24.2 Å². The van der Waals surface area contributed by atoms with E-state index in [0.717, 1.165) is 23.3 Å². The summed E-state index contributed by atoms with van der Waals surface area (Å²) in [6, 6.07) is 11.7. The Morgan fingerprint density at radius 1 is 1.07 bits per heavy atom. The van der Waals surface area contributed by atoms with Crippen molar-refractivity contribution in [3.8, 4) is 5.75 Å². The third-order valence-corrected chi connectivity index (χ3v) is 3.82. The van der Waals surface area contributed by atoms with Gasteiger partial charge >= 0.3 is 12.1 Å². The molecule has 0 radical (unpaired) electrons. The van der Waals surface area contributed by atoms with Gasteiger partial charge < -0.3 is 14.7 Å². The Hall–Kier alpha value is -3.03. The molecule has 5 nitrogen and oxygen atoms in total. The zero-order valence-corrected chi connectivity index (χ0v) is 15.2. The molecule has 0 aliphatic rings. The number of hydrogen-bond acceptors (Lipinski definition) is 4. The van der Waals surface area contributed by atoms with E-state index >= 15 is 0 Å². The van der Waals surface area contributed by atoms with Crippen molar-refractivity contribution >= 4 is 11.7 Å². The Kier molecular flexibility index (Phi) is 7.43. The van der Waals surface area contributed by atoms with Gasteiger partial charge in [0.25, 0.3) is 0 Å². The molecule has 0 atom stereocenters. The third-order valence-electron chi connectivity index (χ3n) is 3.82. The summed E-state index contributed by atoms with van der Waals surface area (Å²) in [4.78, 5) is 15.8. The molecule has 28 heavy (non-hydrogen) atoms. The molecule has 0 heterocycles.